The fraction of sp³-hybridized carbons (Fsp3) is 0.417. The number of hydrogen-bond donors (Lipinski definition) is 3. The normalized spacial score (nSPS) is 11.6. The van der Waals surface area contributed by atoms with Crippen LogP contribution in [0, 0.1) is 0 Å². The maximum atomic E-state index is 9.90. The van der Waals surface area contributed by atoms with Gasteiger partial charge in [0.15, 0.2) is 0 Å². The summed E-state index contributed by atoms with van der Waals surface area (Å²) < 4.78 is 10.9. The van der Waals surface area contributed by atoms with Crippen molar-refractivity contribution in [2.24, 2.45) is 0 Å². The molecule has 6 heteroatoms. The van der Waals surface area contributed by atoms with Crippen LogP contribution >= 0.6 is 0 Å². The van der Waals surface area contributed by atoms with E-state index in [9.17, 15) is 10.2 Å². The predicted molar refractivity (Wildman–Crippen MR) is 119 cm³/mol. The average Bonchev–Trinajstić information content (AvgIpc) is 3.17. The number of aliphatic hydroxyl groups excluding tert-OH is 2. The molecule has 0 aliphatic heterocycles. The summed E-state index contributed by atoms with van der Waals surface area (Å²) in [5.74, 6) is 1.40. The standard InChI is InChI=1S/C24H32N2O4/c1-16(2)26(13-22-19(15-28)10-20(29-3)11-24(22)30-4)8-7-18-12-25-23-6-5-17(14-27)9-21(18)23/h5-6,9-12,16,25,27-28H,7-8,13-15H2,1-4H3. The van der Waals surface area contributed by atoms with E-state index in [-0.39, 0.29) is 13.2 Å². The number of methoxy groups -OCH3 is 2. The number of aliphatic hydroxyl groups is 2. The number of ether oxygens (including phenoxy) is 2. The molecule has 3 rings (SSSR count). The van der Waals surface area contributed by atoms with Gasteiger partial charge in [-0.1, -0.05) is 6.07 Å². The van der Waals surface area contributed by atoms with Crippen LogP contribution in [0.5, 0.6) is 11.5 Å². The van der Waals surface area contributed by atoms with Gasteiger partial charge in [0.25, 0.3) is 0 Å². The summed E-state index contributed by atoms with van der Waals surface area (Å²) in [5.41, 5.74) is 5.03. The van der Waals surface area contributed by atoms with Gasteiger partial charge in [0.05, 0.1) is 27.4 Å². The third-order valence-corrected chi connectivity index (χ3v) is 5.68. The lowest BCUT2D eigenvalue weighted by Gasteiger charge is -2.28. The highest BCUT2D eigenvalue weighted by atomic mass is 16.5. The van der Waals surface area contributed by atoms with Gasteiger partial charge in [0, 0.05) is 47.9 Å². The highest BCUT2D eigenvalue weighted by molar-refractivity contribution is 5.83. The summed E-state index contributed by atoms with van der Waals surface area (Å²) in [4.78, 5) is 5.70. The van der Waals surface area contributed by atoms with Crippen LogP contribution in [0.1, 0.15) is 36.1 Å². The maximum absolute atomic E-state index is 9.90. The second-order valence-electron chi connectivity index (χ2n) is 7.79. The molecule has 0 saturated carbocycles. The van der Waals surface area contributed by atoms with E-state index in [0.717, 1.165) is 46.3 Å². The summed E-state index contributed by atoms with van der Waals surface area (Å²) in [6.07, 6.45) is 2.93. The summed E-state index contributed by atoms with van der Waals surface area (Å²) in [7, 11) is 3.25. The fourth-order valence-electron chi connectivity index (χ4n) is 3.81. The Morgan fingerprint density at radius 3 is 2.43 bits per heavy atom. The molecule has 0 fully saturated rings. The third kappa shape index (κ3) is 4.78. The molecule has 0 spiro atoms. The van der Waals surface area contributed by atoms with Crippen LogP contribution < -0.4 is 9.47 Å². The average molecular weight is 413 g/mol. The molecule has 162 valence electrons. The Bertz CT molecular complexity index is 955. The van der Waals surface area contributed by atoms with E-state index in [1.807, 2.05) is 24.3 Å². The molecule has 0 radical (unpaired) electrons. The van der Waals surface area contributed by atoms with Crippen molar-refractivity contribution >= 4 is 10.9 Å². The Kier molecular flexibility index (Phi) is 7.37. The molecular weight excluding hydrogens is 380 g/mol. The van der Waals surface area contributed by atoms with Gasteiger partial charge >= 0.3 is 0 Å². The lowest BCUT2D eigenvalue weighted by atomic mass is 10.0. The Hall–Kier alpha value is -2.54. The number of nitrogens with one attached hydrogen (secondary N) is 1. The van der Waals surface area contributed by atoms with Crippen LogP contribution in [0.2, 0.25) is 0 Å². The minimum Gasteiger partial charge on any atom is -0.497 e. The van der Waals surface area contributed by atoms with E-state index in [1.165, 1.54) is 5.56 Å². The van der Waals surface area contributed by atoms with Gasteiger partial charge in [-0.15, -0.1) is 0 Å². The fourth-order valence-corrected chi connectivity index (χ4v) is 3.81. The number of rotatable bonds is 10. The summed E-state index contributed by atoms with van der Waals surface area (Å²) in [6.45, 7) is 5.85. The van der Waals surface area contributed by atoms with Crippen molar-refractivity contribution in [2.45, 2.75) is 46.1 Å². The van der Waals surface area contributed by atoms with Crippen LogP contribution in [0.15, 0.2) is 36.5 Å². The minimum absolute atomic E-state index is 0.0415. The van der Waals surface area contributed by atoms with E-state index >= 15 is 0 Å². The summed E-state index contributed by atoms with van der Waals surface area (Å²) in [6, 6.07) is 10.1. The molecule has 1 aromatic heterocycles. The molecule has 0 unspecified atom stereocenters. The van der Waals surface area contributed by atoms with Crippen molar-refractivity contribution in [3.05, 3.63) is 58.8 Å². The van der Waals surface area contributed by atoms with Crippen LogP contribution in [0.25, 0.3) is 10.9 Å². The van der Waals surface area contributed by atoms with E-state index in [4.69, 9.17) is 9.47 Å². The maximum Gasteiger partial charge on any atom is 0.127 e. The number of aromatic amines is 1. The lowest BCUT2D eigenvalue weighted by molar-refractivity contribution is 0.208. The largest absolute Gasteiger partial charge is 0.497 e. The first kappa shape index (κ1) is 22.2. The second-order valence-corrected chi connectivity index (χ2v) is 7.79. The minimum atomic E-state index is -0.0682. The van der Waals surface area contributed by atoms with E-state index in [0.29, 0.717) is 18.3 Å². The number of H-pyrrole nitrogens is 1. The van der Waals surface area contributed by atoms with Crippen molar-refractivity contribution in [1.29, 1.82) is 0 Å². The molecule has 30 heavy (non-hydrogen) atoms. The van der Waals surface area contributed by atoms with Gasteiger partial charge in [0.2, 0.25) is 0 Å². The van der Waals surface area contributed by atoms with Crippen molar-refractivity contribution in [3.63, 3.8) is 0 Å². The monoisotopic (exact) mass is 412 g/mol. The molecule has 0 aliphatic rings. The summed E-state index contributed by atoms with van der Waals surface area (Å²) in [5, 5.41) is 20.5. The predicted octanol–water partition coefficient (Wildman–Crippen LogP) is 3.62. The topological polar surface area (TPSA) is 78.0 Å². The Morgan fingerprint density at radius 1 is 1.00 bits per heavy atom. The van der Waals surface area contributed by atoms with Gasteiger partial charge in [-0.2, -0.15) is 0 Å². The quantitative estimate of drug-likeness (QED) is 0.474. The highest BCUT2D eigenvalue weighted by Gasteiger charge is 2.18. The highest BCUT2D eigenvalue weighted by Crippen LogP contribution is 2.31. The van der Waals surface area contributed by atoms with Gasteiger partial charge in [-0.05, 0) is 55.2 Å². The number of aromatic nitrogens is 1. The first-order valence-corrected chi connectivity index (χ1v) is 10.3. The van der Waals surface area contributed by atoms with Crippen LogP contribution in [0.4, 0.5) is 0 Å². The van der Waals surface area contributed by atoms with Crippen molar-refractivity contribution in [2.75, 3.05) is 20.8 Å². The molecule has 0 amide bonds. The molecule has 0 atom stereocenters. The van der Waals surface area contributed by atoms with E-state index in [1.54, 1.807) is 14.2 Å². The Labute approximate surface area is 178 Å². The van der Waals surface area contributed by atoms with Gasteiger partial charge in [-0.3, -0.25) is 4.90 Å². The van der Waals surface area contributed by atoms with Crippen LogP contribution in [-0.4, -0.2) is 46.9 Å². The lowest BCUT2D eigenvalue weighted by Crippen LogP contribution is -2.32. The number of hydrogen-bond acceptors (Lipinski definition) is 5. The molecule has 0 bridgehead atoms. The Balaban J connectivity index is 1.83. The smallest absolute Gasteiger partial charge is 0.127 e. The Morgan fingerprint density at radius 2 is 1.80 bits per heavy atom. The second kappa shape index (κ2) is 9.98. The van der Waals surface area contributed by atoms with Crippen LogP contribution in [0.3, 0.4) is 0 Å². The third-order valence-electron chi connectivity index (χ3n) is 5.68. The van der Waals surface area contributed by atoms with E-state index in [2.05, 4.69) is 36.0 Å². The molecule has 6 nitrogen and oxygen atoms in total. The molecule has 2 aromatic carbocycles. The molecule has 0 aliphatic carbocycles. The van der Waals surface area contributed by atoms with E-state index < -0.39 is 0 Å². The molecule has 3 N–H and O–H groups in total. The zero-order valence-electron chi connectivity index (χ0n) is 18.2. The zero-order chi connectivity index (χ0) is 21.7. The number of fused-ring (bicyclic) bond motifs is 1. The summed E-state index contributed by atoms with van der Waals surface area (Å²) >= 11 is 0. The number of nitrogens with zero attached hydrogens (tertiary/aromatic N) is 1. The molecule has 3 aromatic rings. The molecule has 1 heterocycles. The van der Waals surface area contributed by atoms with Crippen LogP contribution in [-0.2, 0) is 26.2 Å². The molecular formula is C24H32N2O4. The van der Waals surface area contributed by atoms with Crippen molar-refractivity contribution in [3.8, 4) is 11.5 Å². The SMILES string of the molecule is COc1cc(CO)c(CN(CCc2c[nH]c3ccc(CO)cc23)C(C)C)c(OC)c1. The molecule has 0 saturated heterocycles. The van der Waals surface area contributed by atoms with Gasteiger partial charge < -0.3 is 24.7 Å². The number of benzene rings is 2. The van der Waals surface area contributed by atoms with Crippen molar-refractivity contribution < 1.29 is 19.7 Å². The first-order chi connectivity index (χ1) is 14.5. The van der Waals surface area contributed by atoms with Crippen molar-refractivity contribution in [1.82, 2.24) is 9.88 Å². The van der Waals surface area contributed by atoms with Gasteiger partial charge in [0.1, 0.15) is 11.5 Å². The first-order valence-electron chi connectivity index (χ1n) is 10.3. The zero-order valence-corrected chi connectivity index (χ0v) is 18.2. The van der Waals surface area contributed by atoms with Gasteiger partial charge in [-0.25, -0.2) is 0 Å².